The molecule has 0 amide bonds. The van der Waals surface area contributed by atoms with Crippen LogP contribution >= 0.6 is 0 Å². The van der Waals surface area contributed by atoms with E-state index in [1.807, 2.05) is 0 Å². The van der Waals surface area contributed by atoms with Gasteiger partial charge in [-0.1, -0.05) is 24.3 Å². The summed E-state index contributed by atoms with van der Waals surface area (Å²) in [5.74, 6) is 0. The zero-order chi connectivity index (χ0) is 8.39. The molecule has 0 fully saturated rings. The van der Waals surface area contributed by atoms with Crippen LogP contribution in [0.5, 0.6) is 0 Å². The first-order valence-electron chi connectivity index (χ1n) is 4.23. The molecule has 0 aliphatic carbocycles. The first-order valence-corrected chi connectivity index (χ1v) is 4.23. The molecule has 0 aromatic heterocycles. The Kier molecular flexibility index (Phi) is 1.86. The molecule has 2 rings (SSSR count). The molecule has 1 aliphatic rings. The summed E-state index contributed by atoms with van der Waals surface area (Å²) in [5.41, 5.74) is 3.89. The van der Waals surface area contributed by atoms with E-state index >= 15 is 0 Å². The summed E-state index contributed by atoms with van der Waals surface area (Å²) in [6.07, 6.45) is 3.08. The van der Waals surface area contributed by atoms with Crippen molar-refractivity contribution >= 4 is 11.3 Å². The lowest BCUT2D eigenvalue weighted by Gasteiger charge is -2.17. The van der Waals surface area contributed by atoms with Crippen LogP contribution in [0.1, 0.15) is 12.0 Å². The van der Waals surface area contributed by atoms with E-state index in [-0.39, 0.29) is 0 Å². The molecule has 0 unspecified atom stereocenters. The highest BCUT2D eigenvalue weighted by Gasteiger charge is 2.08. The fourth-order valence-corrected chi connectivity index (χ4v) is 1.55. The molecule has 1 radical (unpaired) electrons. The van der Waals surface area contributed by atoms with Gasteiger partial charge >= 0.3 is 0 Å². The SMILES string of the molecule is [CH2]CC1=CCNc2ccccc21. The lowest BCUT2D eigenvalue weighted by molar-refractivity contribution is 1.25. The number of hydrogen-bond donors (Lipinski definition) is 1. The highest BCUT2D eigenvalue weighted by molar-refractivity contribution is 5.79. The number of fused-ring (bicyclic) bond motifs is 1. The Balaban J connectivity index is 2.48. The number of anilines is 1. The number of nitrogens with one attached hydrogen (secondary N) is 1. The van der Waals surface area contributed by atoms with Crippen molar-refractivity contribution in [2.45, 2.75) is 6.42 Å². The number of allylic oxidation sites excluding steroid dienone is 1. The van der Waals surface area contributed by atoms with Gasteiger partial charge in [0.05, 0.1) is 0 Å². The zero-order valence-corrected chi connectivity index (χ0v) is 7.01. The molecule has 1 aliphatic heterocycles. The quantitative estimate of drug-likeness (QED) is 0.662. The smallest absolute Gasteiger partial charge is 0.0418 e. The van der Waals surface area contributed by atoms with E-state index < -0.39 is 0 Å². The van der Waals surface area contributed by atoms with Crippen LogP contribution in [0, 0.1) is 6.92 Å². The van der Waals surface area contributed by atoms with Crippen LogP contribution in [-0.4, -0.2) is 6.54 Å². The van der Waals surface area contributed by atoms with Gasteiger partial charge in [-0.25, -0.2) is 0 Å². The van der Waals surface area contributed by atoms with E-state index in [9.17, 15) is 0 Å². The molecule has 61 valence electrons. The van der Waals surface area contributed by atoms with Gasteiger partial charge in [-0.05, 0) is 25.0 Å². The minimum Gasteiger partial charge on any atom is -0.381 e. The summed E-state index contributed by atoms with van der Waals surface area (Å²) in [4.78, 5) is 0. The Morgan fingerprint density at radius 1 is 1.33 bits per heavy atom. The third-order valence-corrected chi connectivity index (χ3v) is 2.18. The molecular formula is C11H12N. The minimum atomic E-state index is 0.874. The number of rotatable bonds is 1. The molecule has 1 heterocycles. The summed E-state index contributed by atoms with van der Waals surface area (Å²) in [7, 11) is 0. The molecule has 1 heteroatoms. The van der Waals surface area contributed by atoms with E-state index in [0.29, 0.717) is 0 Å². The topological polar surface area (TPSA) is 12.0 Å². The highest BCUT2D eigenvalue weighted by atomic mass is 14.9. The van der Waals surface area contributed by atoms with Crippen molar-refractivity contribution in [1.82, 2.24) is 0 Å². The third kappa shape index (κ3) is 1.11. The second kappa shape index (κ2) is 3.02. The molecule has 0 spiro atoms. The Morgan fingerprint density at radius 2 is 2.17 bits per heavy atom. The minimum absolute atomic E-state index is 0.874. The number of benzene rings is 1. The largest absolute Gasteiger partial charge is 0.381 e. The van der Waals surface area contributed by atoms with Gasteiger partial charge in [-0.2, -0.15) is 0 Å². The van der Waals surface area contributed by atoms with Gasteiger partial charge < -0.3 is 5.32 Å². The van der Waals surface area contributed by atoms with E-state index in [2.05, 4.69) is 42.6 Å². The third-order valence-electron chi connectivity index (χ3n) is 2.18. The van der Waals surface area contributed by atoms with Crippen LogP contribution in [0.3, 0.4) is 0 Å². The maximum absolute atomic E-state index is 3.91. The maximum atomic E-state index is 3.91. The van der Waals surface area contributed by atoms with Gasteiger partial charge in [-0.15, -0.1) is 0 Å². The van der Waals surface area contributed by atoms with Crippen LogP contribution < -0.4 is 5.32 Å². The van der Waals surface area contributed by atoms with Gasteiger partial charge in [0.15, 0.2) is 0 Å². The normalized spacial score (nSPS) is 14.6. The summed E-state index contributed by atoms with van der Waals surface area (Å²) in [5, 5.41) is 3.32. The average molecular weight is 158 g/mol. The van der Waals surface area contributed by atoms with Crippen molar-refractivity contribution in [3.63, 3.8) is 0 Å². The predicted octanol–water partition coefficient (Wildman–Crippen LogP) is 2.72. The Hall–Kier alpha value is -1.24. The van der Waals surface area contributed by atoms with E-state index in [1.54, 1.807) is 0 Å². The molecule has 1 nitrogen and oxygen atoms in total. The molecule has 0 atom stereocenters. The summed E-state index contributed by atoms with van der Waals surface area (Å²) in [6.45, 7) is 4.84. The molecule has 0 bridgehead atoms. The van der Waals surface area contributed by atoms with E-state index in [1.165, 1.54) is 16.8 Å². The highest BCUT2D eigenvalue weighted by Crippen LogP contribution is 2.28. The van der Waals surface area contributed by atoms with Crippen LogP contribution in [0.25, 0.3) is 5.57 Å². The molecular weight excluding hydrogens is 146 g/mol. The van der Waals surface area contributed by atoms with Crippen molar-refractivity contribution in [1.29, 1.82) is 0 Å². The standard InChI is InChI=1S/C11H12N/c1-2-9-7-8-12-11-6-4-3-5-10(9)11/h3-7,12H,1-2,8H2. The second-order valence-electron chi connectivity index (χ2n) is 2.91. The molecule has 1 aromatic rings. The molecule has 12 heavy (non-hydrogen) atoms. The fourth-order valence-electron chi connectivity index (χ4n) is 1.55. The molecule has 1 N–H and O–H groups in total. The lowest BCUT2D eigenvalue weighted by Crippen LogP contribution is -2.07. The van der Waals surface area contributed by atoms with Crippen molar-refractivity contribution < 1.29 is 0 Å². The van der Waals surface area contributed by atoms with Crippen LogP contribution in [0.4, 0.5) is 5.69 Å². The van der Waals surface area contributed by atoms with E-state index in [0.717, 1.165) is 13.0 Å². The monoisotopic (exact) mass is 158 g/mol. The fraction of sp³-hybridized carbons (Fsp3) is 0.182. The van der Waals surface area contributed by atoms with Crippen LogP contribution in [-0.2, 0) is 0 Å². The van der Waals surface area contributed by atoms with Crippen molar-refractivity contribution in [2.75, 3.05) is 11.9 Å². The summed E-state index contributed by atoms with van der Waals surface area (Å²) >= 11 is 0. The Labute approximate surface area is 73.1 Å². The van der Waals surface area contributed by atoms with Crippen molar-refractivity contribution in [2.24, 2.45) is 0 Å². The number of hydrogen-bond acceptors (Lipinski definition) is 1. The van der Waals surface area contributed by atoms with Gasteiger partial charge in [-0.3, -0.25) is 0 Å². The van der Waals surface area contributed by atoms with Gasteiger partial charge in [0.2, 0.25) is 0 Å². The molecule has 1 aromatic carbocycles. The maximum Gasteiger partial charge on any atom is 0.0418 e. The van der Waals surface area contributed by atoms with E-state index in [4.69, 9.17) is 0 Å². The van der Waals surface area contributed by atoms with Crippen molar-refractivity contribution in [3.05, 3.63) is 42.8 Å². The Morgan fingerprint density at radius 3 is 3.00 bits per heavy atom. The Bertz CT molecular complexity index is 313. The first kappa shape index (κ1) is 7.41. The summed E-state index contributed by atoms with van der Waals surface area (Å²) in [6, 6.07) is 8.36. The summed E-state index contributed by atoms with van der Waals surface area (Å²) < 4.78 is 0. The second-order valence-corrected chi connectivity index (χ2v) is 2.91. The van der Waals surface area contributed by atoms with Gasteiger partial charge in [0.25, 0.3) is 0 Å². The zero-order valence-electron chi connectivity index (χ0n) is 7.01. The lowest BCUT2D eigenvalue weighted by atomic mass is 9.99. The van der Waals surface area contributed by atoms with Crippen LogP contribution in [0.15, 0.2) is 30.3 Å². The number of para-hydroxylation sites is 1. The molecule has 0 saturated heterocycles. The van der Waals surface area contributed by atoms with Gasteiger partial charge in [0.1, 0.15) is 0 Å². The molecule has 0 saturated carbocycles. The first-order chi connectivity index (χ1) is 5.92. The van der Waals surface area contributed by atoms with Gasteiger partial charge in [0, 0.05) is 17.8 Å². The average Bonchev–Trinajstić information content (AvgIpc) is 2.17. The predicted molar refractivity (Wildman–Crippen MR) is 52.9 cm³/mol. The van der Waals surface area contributed by atoms with Crippen LogP contribution in [0.2, 0.25) is 0 Å². The van der Waals surface area contributed by atoms with Crippen molar-refractivity contribution in [3.8, 4) is 0 Å².